The molecule has 0 aliphatic rings. The molecule has 2 amide bonds. The number of hydrogen-bond donors (Lipinski definition) is 2. The van der Waals surface area contributed by atoms with Crippen LogP contribution in [0, 0.1) is 11.7 Å². The molecule has 0 saturated carbocycles. The van der Waals surface area contributed by atoms with Crippen molar-refractivity contribution >= 4 is 34.0 Å². The molecule has 0 aliphatic heterocycles. The maximum Gasteiger partial charge on any atom is 0.228 e. The van der Waals surface area contributed by atoms with Crippen molar-refractivity contribution in [1.29, 1.82) is 0 Å². The molecule has 0 radical (unpaired) electrons. The molecule has 2 N–H and O–H groups in total. The molecule has 2 aromatic rings. The third-order valence-electron chi connectivity index (χ3n) is 2.82. The van der Waals surface area contributed by atoms with Gasteiger partial charge in [-0.3, -0.25) is 9.59 Å². The summed E-state index contributed by atoms with van der Waals surface area (Å²) in [5, 5.41) is 7.29. The van der Waals surface area contributed by atoms with E-state index in [1.807, 2.05) is 0 Å². The average Bonchev–Trinajstić information content (AvgIpc) is 2.86. The second-order valence-corrected chi connectivity index (χ2v) is 5.92. The standard InChI is InChI=1S/C15H16FN3O2S/c1-8(2)14(21)19-15-18-13(7-22-15)11-5-4-10(6-12(11)16)17-9(3)20/h4-8H,1-3H3,(H,17,20)(H,18,19,21). The summed E-state index contributed by atoms with van der Waals surface area (Å²) in [4.78, 5) is 26.8. The van der Waals surface area contributed by atoms with Gasteiger partial charge in [0.25, 0.3) is 0 Å². The first-order valence-electron chi connectivity index (χ1n) is 6.70. The molecule has 1 aromatic carbocycles. The molecular weight excluding hydrogens is 305 g/mol. The minimum atomic E-state index is -0.488. The van der Waals surface area contributed by atoms with Crippen molar-refractivity contribution in [3.8, 4) is 11.3 Å². The molecule has 0 saturated heterocycles. The summed E-state index contributed by atoms with van der Waals surface area (Å²) in [7, 11) is 0. The van der Waals surface area contributed by atoms with E-state index in [0.717, 1.165) is 0 Å². The lowest BCUT2D eigenvalue weighted by Crippen LogP contribution is -2.17. The topological polar surface area (TPSA) is 71.1 Å². The third kappa shape index (κ3) is 3.88. The number of anilines is 2. The molecule has 2 rings (SSSR count). The Balaban J connectivity index is 2.20. The molecule has 5 nitrogen and oxygen atoms in total. The van der Waals surface area contributed by atoms with Gasteiger partial charge in [0.05, 0.1) is 5.69 Å². The normalized spacial score (nSPS) is 10.6. The summed E-state index contributed by atoms with van der Waals surface area (Å²) in [6, 6.07) is 4.39. The van der Waals surface area contributed by atoms with E-state index in [1.165, 1.54) is 24.3 Å². The van der Waals surface area contributed by atoms with Gasteiger partial charge in [-0.05, 0) is 18.2 Å². The maximum absolute atomic E-state index is 14.1. The van der Waals surface area contributed by atoms with E-state index >= 15 is 0 Å². The summed E-state index contributed by atoms with van der Waals surface area (Å²) < 4.78 is 14.1. The lowest BCUT2D eigenvalue weighted by molar-refractivity contribution is -0.119. The minimum Gasteiger partial charge on any atom is -0.326 e. The van der Waals surface area contributed by atoms with Crippen molar-refractivity contribution < 1.29 is 14.0 Å². The molecular formula is C15H16FN3O2S. The van der Waals surface area contributed by atoms with Crippen LogP contribution in [-0.2, 0) is 9.59 Å². The Morgan fingerprint density at radius 2 is 2.00 bits per heavy atom. The number of nitrogens with one attached hydrogen (secondary N) is 2. The van der Waals surface area contributed by atoms with Gasteiger partial charge in [-0.1, -0.05) is 13.8 Å². The van der Waals surface area contributed by atoms with Crippen molar-refractivity contribution in [3.63, 3.8) is 0 Å². The first-order valence-corrected chi connectivity index (χ1v) is 7.58. The predicted molar refractivity (Wildman–Crippen MR) is 85.3 cm³/mol. The van der Waals surface area contributed by atoms with Crippen molar-refractivity contribution in [2.24, 2.45) is 5.92 Å². The number of thiazole rings is 1. The largest absolute Gasteiger partial charge is 0.326 e. The highest BCUT2D eigenvalue weighted by Crippen LogP contribution is 2.28. The van der Waals surface area contributed by atoms with Gasteiger partial charge >= 0.3 is 0 Å². The number of carbonyl (C=O) groups is 2. The second kappa shape index (κ2) is 6.65. The average molecular weight is 321 g/mol. The first kappa shape index (κ1) is 16.1. The highest BCUT2D eigenvalue weighted by atomic mass is 32.1. The van der Waals surface area contributed by atoms with E-state index in [9.17, 15) is 14.0 Å². The van der Waals surface area contributed by atoms with Crippen molar-refractivity contribution in [2.45, 2.75) is 20.8 Å². The van der Waals surface area contributed by atoms with E-state index in [4.69, 9.17) is 0 Å². The zero-order valence-corrected chi connectivity index (χ0v) is 13.3. The zero-order chi connectivity index (χ0) is 16.3. The maximum atomic E-state index is 14.1. The van der Waals surface area contributed by atoms with Crippen LogP contribution in [0.2, 0.25) is 0 Å². The molecule has 22 heavy (non-hydrogen) atoms. The molecule has 1 heterocycles. The number of benzene rings is 1. The van der Waals surface area contributed by atoms with E-state index < -0.39 is 5.82 Å². The predicted octanol–water partition coefficient (Wildman–Crippen LogP) is 3.50. The van der Waals surface area contributed by atoms with Crippen LogP contribution in [-0.4, -0.2) is 16.8 Å². The molecule has 116 valence electrons. The second-order valence-electron chi connectivity index (χ2n) is 5.06. The van der Waals surface area contributed by atoms with Crippen LogP contribution < -0.4 is 10.6 Å². The number of carbonyl (C=O) groups excluding carboxylic acids is 2. The van der Waals surface area contributed by atoms with Gasteiger partial charge in [-0.2, -0.15) is 0 Å². The molecule has 0 unspecified atom stereocenters. The SMILES string of the molecule is CC(=O)Nc1ccc(-c2csc(NC(=O)C(C)C)n2)c(F)c1. The number of amides is 2. The van der Waals surface area contributed by atoms with Gasteiger partial charge in [-0.25, -0.2) is 9.37 Å². The first-order chi connectivity index (χ1) is 10.4. The lowest BCUT2D eigenvalue weighted by Gasteiger charge is -2.05. The van der Waals surface area contributed by atoms with E-state index in [0.29, 0.717) is 22.1 Å². The smallest absolute Gasteiger partial charge is 0.228 e. The summed E-state index contributed by atoms with van der Waals surface area (Å²) in [6.07, 6.45) is 0. The zero-order valence-electron chi connectivity index (χ0n) is 12.4. The Hall–Kier alpha value is -2.28. The Labute approximate surface area is 131 Å². The summed E-state index contributed by atoms with van der Waals surface area (Å²) in [5.41, 5.74) is 1.14. The van der Waals surface area contributed by atoms with E-state index in [2.05, 4.69) is 15.6 Å². The van der Waals surface area contributed by atoms with Crippen molar-refractivity contribution in [3.05, 3.63) is 29.4 Å². The Kier molecular flexibility index (Phi) is 4.87. The fourth-order valence-corrected chi connectivity index (χ4v) is 2.42. The quantitative estimate of drug-likeness (QED) is 0.905. The van der Waals surface area contributed by atoms with Crippen LogP contribution in [0.25, 0.3) is 11.3 Å². The van der Waals surface area contributed by atoms with Crippen LogP contribution in [0.3, 0.4) is 0 Å². The van der Waals surface area contributed by atoms with Crippen LogP contribution in [0.4, 0.5) is 15.2 Å². The highest BCUT2D eigenvalue weighted by Gasteiger charge is 2.13. The van der Waals surface area contributed by atoms with Crippen LogP contribution in [0.5, 0.6) is 0 Å². The summed E-state index contributed by atoms with van der Waals surface area (Å²) in [5.74, 6) is -1.04. The Morgan fingerprint density at radius 3 is 2.59 bits per heavy atom. The van der Waals surface area contributed by atoms with Gasteiger partial charge in [0.2, 0.25) is 11.8 Å². The number of nitrogens with zero attached hydrogens (tertiary/aromatic N) is 1. The molecule has 1 aromatic heterocycles. The number of rotatable bonds is 4. The Bertz CT molecular complexity index is 713. The van der Waals surface area contributed by atoms with E-state index in [1.54, 1.807) is 31.4 Å². The monoisotopic (exact) mass is 321 g/mol. The number of halogens is 1. The van der Waals surface area contributed by atoms with Crippen molar-refractivity contribution in [1.82, 2.24) is 4.98 Å². The van der Waals surface area contributed by atoms with Gasteiger partial charge in [0, 0.05) is 29.5 Å². The molecule has 0 aliphatic carbocycles. The minimum absolute atomic E-state index is 0.137. The molecule has 0 atom stereocenters. The molecule has 0 fully saturated rings. The fourth-order valence-electron chi connectivity index (χ4n) is 1.71. The molecule has 0 spiro atoms. The van der Waals surface area contributed by atoms with Crippen LogP contribution in [0.1, 0.15) is 20.8 Å². The number of aromatic nitrogens is 1. The van der Waals surface area contributed by atoms with E-state index in [-0.39, 0.29) is 17.7 Å². The summed E-state index contributed by atoms with van der Waals surface area (Å²) in [6.45, 7) is 4.92. The Morgan fingerprint density at radius 1 is 1.27 bits per heavy atom. The lowest BCUT2D eigenvalue weighted by atomic mass is 10.1. The van der Waals surface area contributed by atoms with Gasteiger partial charge in [-0.15, -0.1) is 11.3 Å². The third-order valence-corrected chi connectivity index (χ3v) is 3.58. The van der Waals surface area contributed by atoms with Gasteiger partial charge in [0.15, 0.2) is 5.13 Å². The highest BCUT2D eigenvalue weighted by molar-refractivity contribution is 7.14. The van der Waals surface area contributed by atoms with Crippen LogP contribution in [0.15, 0.2) is 23.6 Å². The molecule has 0 bridgehead atoms. The summed E-state index contributed by atoms with van der Waals surface area (Å²) >= 11 is 1.23. The van der Waals surface area contributed by atoms with Gasteiger partial charge < -0.3 is 10.6 Å². The number of hydrogen-bond acceptors (Lipinski definition) is 4. The fraction of sp³-hybridized carbons (Fsp3) is 0.267. The van der Waals surface area contributed by atoms with Gasteiger partial charge in [0.1, 0.15) is 5.82 Å². The van der Waals surface area contributed by atoms with Crippen LogP contribution >= 0.6 is 11.3 Å². The van der Waals surface area contributed by atoms with Crippen molar-refractivity contribution in [2.75, 3.05) is 10.6 Å². The molecule has 7 heteroatoms.